The summed E-state index contributed by atoms with van der Waals surface area (Å²) in [5, 5.41) is 12.6. The second kappa shape index (κ2) is 8.28. The Balaban J connectivity index is 1.81. The van der Waals surface area contributed by atoms with Crippen molar-refractivity contribution in [3.63, 3.8) is 0 Å². The number of carbonyl (C=O) groups is 2. The Morgan fingerprint density at radius 1 is 1.27 bits per heavy atom. The fourth-order valence-corrected chi connectivity index (χ4v) is 4.89. The van der Waals surface area contributed by atoms with Crippen LogP contribution >= 0.6 is 11.3 Å². The number of ether oxygens (including phenoxy) is 1. The molecule has 0 radical (unpaired) electrons. The number of thiophene rings is 1. The minimum Gasteiger partial charge on any atom is -0.494 e. The molecule has 0 saturated heterocycles. The summed E-state index contributed by atoms with van der Waals surface area (Å²) in [5.74, 6) is -1.31. The number of amides is 1. The van der Waals surface area contributed by atoms with Gasteiger partial charge in [0.05, 0.1) is 12.3 Å². The lowest BCUT2D eigenvalue weighted by atomic mass is 9.88. The lowest BCUT2D eigenvalue weighted by Crippen LogP contribution is -2.22. The first-order chi connectivity index (χ1) is 14.5. The van der Waals surface area contributed by atoms with Crippen molar-refractivity contribution in [3.8, 4) is 16.9 Å². The van der Waals surface area contributed by atoms with Gasteiger partial charge in [-0.1, -0.05) is 31.2 Å². The highest BCUT2D eigenvalue weighted by Crippen LogP contribution is 2.49. The third-order valence-corrected chi connectivity index (χ3v) is 6.26. The first-order valence-electron chi connectivity index (χ1n) is 9.66. The van der Waals surface area contributed by atoms with Gasteiger partial charge in [0.25, 0.3) is 0 Å². The van der Waals surface area contributed by atoms with Gasteiger partial charge in [-0.05, 0) is 41.8 Å². The molecule has 1 aliphatic heterocycles. The Hall–Kier alpha value is -3.19. The number of anilines is 1. The first kappa shape index (κ1) is 20.1. The number of aromatic carboxylic acids is 1. The summed E-state index contributed by atoms with van der Waals surface area (Å²) >= 11 is 1.13. The van der Waals surface area contributed by atoms with Crippen LogP contribution in [0.2, 0.25) is 0 Å². The number of fused-ring (bicyclic) bond motifs is 1. The lowest BCUT2D eigenvalue weighted by molar-refractivity contribution is -0.116. The third-order valence-electron chi connectivity index (χ3n) is 4.97. The van der Waals surface area contributed by atoms with E-state index in [0.29, 0.717) is 23.4 Å². The molecule has 0 spiro atoms. The molecule has 154 valence electrons. The van der Waals surface area contributed by atoms with Crippen LogP contribution in [0.1, 0.15) is 45.8 Å². The molecule has 1 amide bonds. The number of halogens is 1. The van der Waals surface area contributed by atoms with E-state index < -0.39 is 11.8 Å². The van der Waals surface area contributed by atoms with Gasteiger partial charge in [-0.3, -0.25) is 4.79 Å². The molecule has 2 aromatic carbocycles. The maximum absolute atomic E-state index is 13.8. The zero-order chi connectivity index (χ0) is 21.3. The molecule has 7 heteroatoms. The van der Waals surface area contributed by atoms with Crippen molar-refractivity contribution in [2.75, 3.05) is 11.9 Å². The molecule has 4 rings (SSSR count). The largest absolute Gasteiger partial charge is 0.494 e. The number of carboxylic acid groups (broad SMARTS) is 1. The summed E-state index contributed by atoms with van der Waals surface area (Å²) < 4.78 is 19.4. The summed E-state index contributed by atoms with van der Waals surface area (Å²) in [4.78, 5) is 25.3. The lowest BCUT2D eigenvalue weighted by Gasteiger charge is -2.24. The summed E-state index contributed by atoms with van der Waals surface area (Å²) in [6.07, 6.45) is 1.12. The van der Waals surface area contributed by atoms with E-state index in [-0.39, 0.29) is 23.1 Å². The average Bonchev–Trinajstić information content (AvgIpc) is 3.11. The molecule has 3 aromatic rings. The highest BCUT2D eigenvalue weighted by molar-refractivity contribution is 7.15. The molecule has 0 unspecified atom stereocenters. The molecule has 0 aliphatic carbocycles. The van der Waals surface area contributed by atoms with Gasteiger partial charge in [-0.25, -0.2) is 9.18 Å². The van der Waals surface area contributed by atoms with E-state index in [1.807, 2.05) is 31.2 Å². The fraction of sp³-hybridized carbons (Fsp3) is 0.217. The highest BCUT2D eigenvalue weighted by Gasteiger charge is 2.34. The summed E-state index contributed by atoms with van der Waals surface area (Å²) in [6.45, 7) is 2.66. The number of hydrogen-bond acceptors (Lipinski definition) is 4. The van der Waals surface area contributed by atoms with Crippen LogP contribution in [0.4, 0.5) is 10.1 Å². The average molecular weight is 425 g/mol. The number of benzene rings is 2. The van der Waals surface area contributed by atoms with E-state index in [9.17, 15) is 19.1 Å². The molecule has 2 heterocycles. The molecule has 0 saturated carbocycles. The minimum atomic E-state index is -1.11. The molecular formula is C23H20FNO4S. The topological polar surface area (TPSA) is 75.6 Å². The molecule has 0 fully saturated rings. The van der Waals surface area contributed by atoms with E-state index in [1.165, 1.54) is 18.2 Å². The maximum Gasteiger partial charge on any atom is 0.346 e. The SMILES string of the molecule is CCCOc1ccc([C@H]2CC(=O)Nc3c2sc(C(=O)O)c3-c2cccc(F)c2)cc1. The van der Waals surface area contributed by atoms with Gasteiger partial charge in [0.1, 0.15) is 16.4 Å². The zero-order valence-electron chi connectivity index (χ0n) is 16.3. The van der Waals surface area contributed by atoms with E-state index >= 15 is 0 Å². The Labute approximate surface area is 177 Å². The summed E-state index contributed by atoms with van der Waals surface area (Å²) in [7, 11) is 0. The Morgan fingerprint density at radius 2 is 2.03 bits per heavy atom. The van der Waals surface area contributed by atoms with E-state index in [0.717, 1.165) is 33.9 Å². The van der Waals surface area contributed by atoms with Crippen molar-refractivity contribution in [1.29, 1.82) is 0 Å². The van der Waals surface area contributed by atoms with Crippen LogP contribution in [0.5, 0.6) is 5.75 Å². The third kappa shape index (κ3) is 3.80. The van der Waals surface area contributed by atoms with Crippen LogP contribution in [-0.2, 0) is 4.79 Å². The van der Waals surface area contributed by atoms with Gasteiger partial charge >= 0.3 is 5.97 Å². The molecule has 30 heavy (non-hydrogen) atoms. The van der Waals surface area contributed by atoms with Gasteiger partial charge in [0.2, 0.25) is 5.91 Å². The monoisotopic (exact) mass is 425 g/mol. The van der Waals surface area contributed by atoms with Gasteiger partial charge < -0.3 is 15.2 Å². The number of carboxylic acids is 1. The van der Waals surface area contributed by atoms with Gasteiger partial charge in [-0.2, -0.15) is 0 Å². The molecule has 1 atom stereocenters. The molecule has 2 N–H and O–H groups in total. The van der Waals surface area contributed by atoms with Crippen molar-refractivity contribution < 1.29 is 23.8 Å². The standard InChI is InChI=1S/C23H20FNO4S/c1-2-10-29-16-8-6-13(7-9-16)17-12-18(26)25-20-19(14-4-3-5-15(24)11-14)22(23(27)28)30-21(17)20/h3-9,11,17H,2,10,12H2,1H3,(H,25,26)(H,27,28)/t17-/m1/s1. The minimum absolute atomic E-state index is 0.0840. The molecular weight excluding hydrogens is 405 g/mol. The van der Waals surface area contributed by atoms with Crippen molar-refractivity contribution in [3.05, 3.63) is 69.7 Å². The van der Waals surface area contributed by atoms with Crippen LogP contribution in [0.25, 0.3) is 11.1 Å². The Kier molecular flexibility index (Phi) is 5.55. The van der Waals surface area contributed by atoms with E-state index in [4.69, 9.17) is 4.74 Å². The predicted molar refractivity (Wildman–Crippen MR) is 114 cm³/mol. The van der Waals surface area contributed by atoms with Crippen molar-refractivity contribution in [1.82, 2.24) is 0 Å². The quantitative estimate of drug-likeness (QED) is 0.546. The van der Waals surface area contributed by atoms with Crippen LogP contribution < -0.4 is 10.1 Å². The molecule has 1 aromatic heterocycles. The van der Waals surface area contributed by atoms with Crippen LogP contribution in [0.15, 0.2) is 48.5 Å². The van der Waals surface area contributed by atoms with Crippen molar-refractivity contribution in [2.45, 2.75) is 25.7 Å². The smallest absolute Gasteiger partial charge is 0.346 e. The number of rotatable bonds is 6. The van der Waals surface area contributed by atoms with Crippen LogP contribution in [0.3, 0.4) is 0 Å². The van der Waals surface area contributed by atoms with E-state index in [2.05, 4.69) is 5.32 Å². The summed E-state index contributed by atoms with van der Waals surface area (Å²) in [5.41, 5.74) is 2.13. The molecule has 5 nitrogen and oxygen atoms in total. The van der Waals surface area contributed by atoms with Crippen LogP contribution in [0, 0.1) is 5.82 Å². The number of hydrogen-bond donors (Lipinski definition) is 2. The predicted octanol–water partition coefficient (Wildman–Crippen LogP) is 5.52. The normalized spacial score (nSPS) is 15.4. The Morgan fingerprint density at radius 3 is 2.70 bits per heavy atom. The second-order valence-electron chi connectivity index (χ2n) is 7.08. The summed E-state index contributed by atoms with van der Waals surface area (Å²) in [6, 6.07) is 13.3. The van der Waals surface area contributed by atoms with Crippen molar-refractivity contribution in [2.24, 2.45) is 0 Å². The van der Waals surface area contributed by atoms with Crippen molar-refractivity contribution >= 4 is 28.9 Å². The molecule has 1 aliphatic rings. The van der Waals surface area contributed by atoms with Gasteiger partial charge in [0.15, 0.2) is 0 Å². The van der Waals surface area contributed by atoms with E-state index in [1.54, 1.807) is 6.07 Å². The maximum atomic E-state index is 13.8. The second-order valence-corrected chi connectivity index (χ2v) is 8.14. The molecule has 0 bridgehead atoms. The Bertz CT molecular complexity index is 1110. The zero-order valence-corrected chi connectivity index (χ0v) is 17.1. The fourth-order valence-electron chi connectivity index (χ4n) is 3.64. The van der Waals surface area contributed by atoms with Crippen LogP contribution in [-0.4, -0.2) is 23.6 Å². The number of carbonyl (C=O) groups excluding carboxylic acids is 1. The highest BCUT2D eigenvalue weighted by atomic mass is 32.1. The number of nitrogens with one attached hydrogen (secondary N) is 1. The first-order valence-corrected chi connectivity index (χ1v) is 10.5. The van der Waals surface area contributed by atoms with Gasteiger partial charge in [0, 0.05) is 22.8 Å². The van der Waals surface area contributed by atoms with Gasteiger partial charge in [-0.15, -0.1) is 11.3 Å².